The van der Waals surface area contributed by atoms with Crippen molar-refractivity contribution in [2.75, 3.05) is 7.05 Å². The zero-order valence-electron chi connectivity index (χ0n) is 15.3. The lowest BCUT2D eigenvalue weighted by Gasteiger charge is -2.09. The molecular weight excluding hydrogens is 384 g/mol. The number of hydrogen-bond acceptors (Lipinski definition) is 5. The van der Waals surface area contributed by atoms with E-state index in [4.69, 9.17) is 0 Å². The minimum absolute atomic E-state index is 0.00110. The van der Waals surface area contributed by atoms with E-state index in [-0.39, 0.29) is 17.4 Å². The number of aromatic nitrogens is 6. The summed E-state index contributed by atoms with van der Waals surface area (Å²) in [6.07, 6.45) is 6.26. The maximum atomic E-state index is 12.8. The summed E-state index contributed by atoms with van der Waals surface area (Å²) >= 11 is 0. The van der Waals surface area contributed by atoms with Crippen molar-refractivity contribution < 1.29 is 8.78 Å². The highest BCUT2D eigenvalue weighted by atomic mass is 19.3. The summed E-state index contributed by atoms with van der Waals surface area (Å²) in [5, 5.41) is 8.06. The molecule has 0 spiro atoms. The molecule has 1 saturated carbocycles. The maximum Gasteiger partial charge on any atom is 0.333 e. The Kier molecular flexibility index (Phi) is 4.57. The highest BCUT2D eigenvalue weighted by Crippen LogP contribution is 2.54. The topological polar surface area (TPSA) is 114 Å². The fraction of sp³-hybridized carbons (Fsp3) is 0.278. The van der Waals surface area contributed by atoms with Crippen molar-refractivity contribution >= 4 is 6.20 Å². The summed E-state index contributed by atoms with van der Waals surface area (Å²) in [7, 11) is 1.61. The van der Waals surface area contributed by atoms with Crippen LogP contribution in [0.5, 0.6) is 0 Å². The summed E-state index contributed by atoms with van der Waals surface area (Å²) in [6.45, 7) is 1.04. The van der Waals surface area contributed by atoms with Crippen LogP contribution in [0.4, 0.5) is 8.78 Å². The van der Waals surface area contributed by atoms with Crippen LogP contribution < -0.4 is 16.7 Å². The van der Waals surface area contributed by atoms with Crippen molar-refractivity contribution in [1.29, 1.82) is 0 Å². The monoisotopic (exact) mass is 401 g/mol. The van der Waals surface area contributed by atoms with E-state index in [1.165, 1.54) is 29.5 Å². The van der Waals surface area contributed by atoms with Gasteiger partial charge in [-0.2, -0.15) is 19.0 Å². The molecule has 150 valence electrons. The van der Waals surface area contributed by atoms with Gasteiger partial charge in [0, 0.05) is 31.2 Å². The first-order valence-electron chi connectivity index (χ1n) is 8.76. The largest absolute Gasteiger partial charge is 0.333 e. The zero-order valence-corrected chi connectivity index (χ0v) is 15.3. The highest BCUT2D eigenvalue weighted by molar-refractivity contribution is 5.57. The van der Waals surface area contributed by atoms with Crippen LogP contribution in [-0.4, -0.2) is 36.6 Å². The predicted octanol–water partition coefficient (Wildman–Crippen LogP) is 1.42. The van der Waals surface area contributed by atoms with E-state index in [1.54, 1.807) is 13.1 Å². The van der Waals surface area contributed by atoms with Gasteiger partial charge >= 0.3 is 12.2 Å². The van der Waals surface area contributed by atoms with Gasteiger partial charge in [-0.25, -0.2) is 14.2 Å². The summed E-state index contributed by atoms with van der Waals surface area (Å²) in [5.41, 5.74) is 1.40. The molecule has 4 rings (SSSR count). The van der Waals surface area contributed by atoms with Crippen molar-refractivity contribution in [3.63, 3.8) is 0 Å². The van der Waals surface area contributed by atoms with E-state index in [9.17, 15) is 18.4 Å². The SMILES string of the molecule is C=Cn1nc(-c2c[nH]c(=O)[nH]c2=O)cc(C2C[C@@H]2c2cnn(C(F)F)c2)c1=NC. The van der Waals surface area contributed by atoms with Gasteiger partial charge in [-0.15, -0.1) is 0 Å². The molecule has 2 N–H and O–H groups in total. The van der Waals surface area contributed by atoms with Crippen LogP contribution in [0.25, 0.3) is 17.5 Å². The van der Waals surface area contributed by atoms with Crippen LogP contribution in [-0.2, 0) is 0 Å². The molecule has 1 unspecified atom stereocenters. The normalized spacial score (nSPS) is 19.0. The van der Waals surface area contributed by atoms with Crippen molar-refractivity contribution in [2.24, 2.45) is 4.99 Å². The molecule has 0 aliphatic heterocycles. The van der Waals surface area contributed by atoms with Gasteiger partial charge in [0.2, 0.25) is 0 Å². The molecule has 0 saturated heterocycles. The average molecular weight is 401 g/mol. The zero-order chi connectivity index (χ0) is 20.7. The van der Waals surface area contributed by atoms with Gasteiger partial charge < -0.3 is 4.98 Å². The predicted molar refractivity (Wildman–Crippen MR) is 100 cm³/mol. The highest BCUT2D eigenvalue weighted by Gasteiger charge is 2.42. The molecule has 3 aromatic heterocycles. The number of hydrogen-bond donors (Lipinski definition) is 2. The molecule has 0 aromatic carbocycles. The molecule has 1 aliphatic carbocycles. The van der Waals surface area contributed by atoms with Crippen LogP contribution in [0.2, 0.25) is 0 Å². The van der Waals surface area contributed by atoms with Gasteiger partial charge in [-0.3, -0.25) is 14.8 Å². The van der Waals surface area contributed by atoms with Crippen molar-refractivity contribution in [3.8, 4) is 11.3 Å². The average Bonchev–Trinajstić information content (AvgIpc) is 3.33. The van der Waals surface area contributed by atoms with Crippen LogP contribution >= 0.6 is 0 Å². The Labute approximate surface area is 162 Å². The third kappa shape index (κ3) is 3.35. The van der Waals surface area contributed by atoms with E-state index in [2.05, 4.69) is 31.7 Å². The van der Waals surface area contributed by atoms with Crippen molar-refractivity contribution in [3.05, 3.63) is 68.7 Å². The molecule has 29 heavy (non-hydrogen) atoms. The first kappa shape index (κ1) is 18.7. The molecule has 0 amide bonds. The Balaban J connectivity index is 1.79. The molecule has 9 nitrogen and oxygen atoms in total. The fourth-order valence-corrected chi connectivity index (χ4v) is 3.46. The van der Waals surface area contributed by atoms with Crippen LogP contribution in [0.3, 0.4) is 0 Å². The van der Waals surface area contributed by atoms with Gasteiger partial charge in [-0.1, -0.05) is 6.58 Å². The second kappa shape index (κ2) is 7.08. The quantitative estimate of drug-likeness (QED) is 0.673. The minimum atomic E-state index is -2.69. The van der Waals surface area contributed by atoms with E-state index in [1.807, 2.05) is 0 Å². The maximum absolute atomic E-state index is 12.8. The number of nitrogens with zero attached hydrogens (tertiary/aromatic N) is 5. The number of rotatable bonds is 5. The molecule has 0 radical (unpaired) electrons. The van der Waals surface area contributed by atoms with Gasteiger partial charge in [0.15, 0.2) is 5.49 Å². The first-order chi connectivity index (χ1) is 13.9. The second-order valence-corrected chi connectivity index (χ2v) is 6.62. The molecular formula is C18H17F2N7O2. The Morgan fingerprint density at radius 2 is 2.17 bits per heavy atom. The lowest BCUT2D eigenvalue weighted by Crippen LogP contribution is -2.27. The van der Waals surface area contributed by atoms with E-state index in [0.717, 1.165) is 12.0 Å². The summed E-state index contributed by atoms with van der Waals surface area (Å²) in [5.74, 6) is 0.00388. The number of alkyl halides is 2. The van der Waals surface area contributed by atoms with Gasteiger partial charge in [0.05, 0.1) is 17.5 Å². The van der Waals surface area contributed by atoms with Crippen molar-refractivity contribution in [1.82, 2.24) is 29.5 Å². The lowest BCUT2D eigenvalue weighted by molar-refractivity contribution is 0.0565. The van der Waals surface area contributed by atoms with Crippen molar-refractivity contribution in [2.45, 2.75) is 24.8 Å². The van der Waals surface area contributed by atoms with E-state index < -0.39 is 17.8 Å². The van der Waals surface area contributed by atoms with E-state index >= 15 is 0 Å². The third-order valence-corrected chi connectivity index (χ3v) is 4.90. The molecule has 2 atom stereocenters. The number of aromatic amines is 2. The Morgan fingerprint density at radius 1 is 1.38 bits per heavy atom. The van der Waals surface area contributed by atoms with Gasteiger partial charge in [0.1, 0.15) is 0 Å². The fourth-order valence-electron chi connectivity index (χ4n) is 3.46. The van der Waals surface area contributed by atoms with Gasteiger partial charge in [0.25, 0.3) is 5.56 Å². The number of nitrogens with one attached hydrogen (secondary N) is 2. The minimum Gasteiger partial charge on any atom is -0.313 e. The molecule has 0 bridgehead atoms. The first-order valence-corrected chi connectivity index (χ1v) is 8.76. The molecule has 3 heterocycles. The van der Waals surface area contributed by atoms with Crippen LogP contribution in [0.1, 0.15) is 35.9 Å². The molecule has 1 aliphatic rings. The summed E-state index contributed by atoms with van der Waals surface area (Å²) in [4.78, 5) is 32.4. The number of H-pyrrole nitrogens is 2. The van der Waals surface area contributed by atoms with E-state index in [0.29, 0.717) is 21.4 Å². The molecule has 1 fully saturated rings. The van der Waals surface area contributed by atoms with Crippen LogP contribution in [0, 0.1) is 0 Å². The third-order valence-electron chi connectivity index (χ3n) is 4.90. The lowest BCUT2D eigenvalue weighted by atomic mass is 10.1. The summed E-state index contributed by atoms with van der Waals surface area (Å²) in [6, 6.07) is 1.73. The molecule has 11 heteroatoms. The molecule has 3 aromatic rings. The van der Waals surface area contributed by atoms with Gasteiger partial charge in [-0.05, 0) is 29.9 Å². The Hall–Kier alpha value is -3.63. The number of halogens is 2. The standard InChI is InChI=1S/C18H17F2N7O2/c1-3-26-15(21-2)12(5-14(25-26)13-7-22-18(29)24-16(13)28)11-4-10(11)9-6-23-27(8-9)17(19)20/h3,5-8,10-11,17H,1,4H2,2H3,(H2,22,24,28,29)/t10-,11?/m1/s1. The summed E-state index contributed by atoms with van der Waals surface area (Å²) < 4.78 is 27.7. The van der Waals surface area contributed by atoms with Crippen LogP contribution in [0.15, 0.2) is 45.8 Å². The Bertz CT molecular complexity index is 1270. The smallest absolute Gasteiger partial charge is 0.313 e. The second-order valence-electron chi connectivity index (χ2n) is 6.62. The Morgan fingerprint density at radius 3 is 2.79 bits per heavy atom.